The molecule has 1 rings (SSSR count). The molecule has 92 valence electrons. The van der Waals surface area contributed by atoms with Gasteiger partial charge in [-0.25, -0.2) is 4.39 Å². The smallest absolute Gasteiger partial charge is 0.161 e. The summed E-state index contributed by atoms with van der Waals surface area (Å²) in [6, 6.07) is 4.92. The number of nitrogens with one attached hydrogen (secondary N) is 1. The number of hydrogen-bond donors (Lipinski definition) is 1. The van der Waals surface area contributed by atoms with Crippen molar-refractivity contribution in [2.24, 2.45) is 0 Å². The summed E-state index contributed by atoms with van der Waals surface area (Å²) in [5.41, 5.74) is 0.549. The molecule has 2 atom stereocenters. The summed E-state index contributed by atoms with van der Waals surface area (Å²) in [7, 11) is -0.951. The van der Waals surface area contributed by atoms with Crippen molar-refractivity contribution in [3.8, 4) is 6.07 Å². The summed E-state index contributed by atoms with van der Waals surface area (Å²) < 4.78 is 25.1. The normalized spacial score (nSPS) is 13.8. The Labute approximate surface area is 111 Å². The molecule has 0 heterocycles. The Balaban J connectivity index is 2.84. The van der Waals surface area contributed by atoms with Crippen LogP contribution in [0.4, 0.5) is 10.1 Å². The van der Waals surface area contributed by atoms with Crippen molar-refractivity contribution >= 4 is 32.4 Å². The number of nitriles is 1. The van der Waals surface area contributed by atoms with Crippen LogP contribution in [0.1, 0.15) is 12.5 Å². The molecule has 1 N–H and O–H groups in total. The first-order chi connectivity index (χ1) is 7.97. The molecular formula is C11H12BrFN2OS. The molecule has 0 saturated carbocycles. The average Bonchev–Trinajstić information content (AvgIpc) is 2.30. The fourth-order valence-corrected chi connectivity index (χ4v) is 1.90. The van der Waals surface area contributed by atoms with Crippen LogP contribution < -0.4 is 5.32 Å². The third-order valence-electron chi connectivity index (χ3n) is 2.35. The summed E-state index contributed by atoms with van der Waals surface area (Å²) in [6.45, 7) is 2.23. The second-order valence-corrected chi connectivity index (χ2v) is 6.19. The maximum atomic E-state index is 13.8. The van der Waals surface area contributed by atoms with E-state index in [1.54, 1.807) is 6.26 Å². The van der Waals surface area contributed by atoms with E-state index in [-0.39, 0.29) is 15.3 Å². The molecule has 0 radical (unpaired) electrons. The maximum Gasteiger partial charge on any atom is 0.161 e. The molecule has 17 heavy (non-hydrogen) atoms. The monoisotopic (exact) mass is 318 g/mol. The first-order valence-corrected chi connectivity index (χ1v) is 7.33. The van der Waals surface area contributed by atoms with Crippen LogP contribution in [-0.4, -0.2) is 22.3 Å². The summed E-state index contributed by atoms with van der Waals surface area (Å²) in [5.74, 6) is -0.502. The van der Waals surface area contributed by atoms with Crippen LogP contribution in [0.15, 0.2) is 16.6 Å². The molecule has 0 spiro atoms. The van der Waals surface area contributed by atoms with E-state index in [9.17, 15) is 8.60 Å². The SMILES string of the molecule is CC(CNc1ccc(C#N)c(Br)c1F)S(C)=O. The van der Waals surface area contributed by atoms with Gasteiger partial charge in [0.05, 0.1) is 15.7 Å². The summed E-state index contributed by atoms with van der Waals surface area (Å²) >= 11 is 3.03. The first kappa shape index (κ1) is 14.1. The van der Waals surface area contributed by atoms with Gasteiger partial charge in [0.2, 0.25) is 0 Å². The van der Waals surface area contributed by atoms with Crippen molar-refractivity contribution in [2.75, 3.05) is 18.1 Å². The second kappa shape index (κ2) is 6.12. The van der Waals surface area contributed by atoms with E-state index in [0.717, 1.165) is 0 Å². The van der Waals surface area contributed by atoms with Crippen molar-refractivity contribution < 1.29 is 8.60 Å². The molecule has 0 fully saturated rings. The lowest BCUT2D eigenvalue weighted by atomic mass is 10.2. The molecule has 0 saturated heterocycles. The topological polar surface area (TPSA) is 52.9 Å². The minimum atomic E-state index is -0.951. The van der Waals surface area contributed by atoms with Gasteiger partial charge in [0.15, 0.2) is 5.82 Å². The number of nitrogens with zero attached hydrogens (tertiary/aromatic N) is 1. The Morgan fingerprint density at radius 2 is 2.29 bits per heavy atom. The second-order valence-electron chi connectivity index (χ2n) is 3.59. The minimum absolute atomic E-state index is 0.0659. The van der Waals surface area contributed by atoms with Crippen molar-refractivity contribution in [1.82, 2.24) is 0 Å². The number of rotatable bonds is 4. The molecular weight excluding hydrogens is 307 g/mol. The van der Waals surface area contributed by atoms with Gasteiger partial charge in [0.25, 0.3) is 0 Å². The molecule has 3 nitrogen and oxygen atoms in total. The third kappa shape index (κ3) is 3.51. The molecule has 0 bridgehead atoms. The van der Waals surface area contributed by atoms with Gasteiger partial charge in [-0.1, -0.05) is 0 Å². The number of anilines is 1. The molecule has 1 aromatic rings. The molecule has 0 aliphatic heterocycles. The highest BCUT2D eigenvalue weighted by atomic mass is 79.9. The Hall–Kier alpha value is -0.930. The summed E-state index contributed by atoms with van der Waals surface area (Å²) in [5, 5.41) is 11.5. The molecule has 1 aromatic carbocycles. The lowest BCUT2D eigenvalue weighted by molar-refractivity contribution is 0.622. The number of benzene rings is 1. The lowest BCUT2D eigenvalue weighted by Crippen LogP contribution is -2.21. The van der Waals surface area contributed by atoms with Crippen molar-refractivity contribution in [3.63, 3.8) is 0 Å². The third-order valence-corrected chi connectivity index (χ3v) is 4.42. The van der Waals surface area contributed by atoms with Crippen LogP contribution in [0.3, 0.4) is 0 Å². The molecule has 0 aliphatic rings. The van der Waals surface area contributed by atoms with E-state index < -0.39 is 16.6 Å². The Morgan fingerprint density at radius 1 is 1.65 bits per heavy atom. The van der Waals surface area contributed by atoms with Crippen LogP contribution in [0.25, 0.3) is 0 Å². The molecule has 0 aromatic heterocycles. The fraction of sp³-hybridized carbons (Fsp3) is 0.364. The highest BCUT2D eigenvalue weighted by Gasteiger charge is 2.12. The summed E-state index contributed by atoms with van der Waals surface area (Å²) in [4.78, 5) is 0. The Morgan fingerprint density at radius 3 is 2.82 bits per heavy atom. The summed E-state index contributed by atoms with van der Waals surface area (Å²) in [6.07, 6.45) is 1.61. The highest BCUT2D eigenvalue weighted by Crippen LogP contribution is 2.26. The van der Waals surface area contributed by atoms with Crippen LogP contribution in [0, 0.1) is 17.1 Å². The largest absolute Gasteiger partial charge is 0.381 e. The van der Waals surface area contributed by atoms with E-state index >= 15 is 0 Å². The molecule has 0 amide bonds. The van der Waals surface area contributed by atoms with E-state index in [2.05, 4.69) is 21.2 Å². The van der Waals surface area contributed by atoms with E-state index in [0.29, 0.717) is 12.2 Å². The van der Waals surface area contributed by atoms with Gasteiger partial charge in [0, 0.05) is 28.9 Å². The van der Waals surface area contributed by atoms with Crippen LogP contribution >= 0.6 is 15.9 Å². The van der Waals surface area contributed by atoms with Gasteiger partial charge in [-0.2, -0.15) is 5.26 Å². The van der Waals surface area contributed by atoms with Crippen LogP contribution in [0.2, 0.25) is 0 Å². The standard InChI is InChI=1S/C11H12BrFN2OS/c1-7(17(2)16)6-15-9-4-3-8(5-14)10(12)11(9)13/h3-4,7,15H,6H2,1-2H3. The number of halogens is 2. The Bertz CT molecular complexity index is 487. The zero-order chi connectivity index (χ0) is 13.0. The van der Waals surface area contributed by atoms with Gasteiger partial charge in [0.1, 0.15) is 6.07 Å². The van der Waals surface area contributed by atoms with E-state index in [4.69, 9.17) is 5.26 Å². The minimum Gasteiger partial charge on any atom is -0.381 e. The van der Waals surface area contributed by atoms with Gasteiger partial charge in [-0.15, -0.1) is 0 Å². The van der Waals surface area contributed by atoms with E-state index in [1.807, 2.05) is 13.0 Å². The molecule has 0 aliphatic carbocycles. The molecule has 2 unspecified atom stereocenters. The predicted octanol–water partition coefficient (Wildman–Crippen LogP) is 2.64. The van der Waals surface area contributed by atoms with Crippen LogP contribution in [-0.2, 0) is 10.8 Å². The van der Waals surface area contributed by atoms with Gasteiger partial charge in [-0.3, -0.25) is 4.21 Å². The van der Waals surface area contributed by atoms with Gasteiger partial charge in [-0.05, 0) is 35.0 Å². The molecule has 6 heteroatoms. The first-order valence-electron chi connectivity index (χ1n) is 4.91. The van der Waals surface area contributed by atoms with Crippen molar-refractivity contribution in [1.29, 1.82) is 5.26 Å². The van der Waals surface area contributed by atoms with Gasteiger partial charge < -0.3 is 5.32 Å². The van der Waals surface area contributed by atoms with E-state index in [1.165, 1.54) is 12.1 Å². The van der Waals surface area contributed by atoms with Crippen LogP contribution in [0.5, 0.6) is 0 Å². The zero-order valence-electron chi connectivity index (χ0n) is 9.46. The lowest BCUT2D eigenvalue weighted by Gasteiger charge is -2.12. The Kier molecular flexibility index (Phi) is 5.09. The fourth-order valence-electron chi connectivity index (χ4n) is 1.14. The van der Waals surface area contributed by atoms with Crippen molar-refractivity contribution in [3.05, 3.63) is 28.0 Å². The predicted molar refractivity (Wildman–Crippen MR) is 70.8 cm³/mol. The maximum absolute atomic E-state index is 13.8. The average molecular weight is 319 g/mol. The van der Waals surface area contributed by atoms with Crippen molar-refractivity contribution in [2.45, 2.75) is 12.2 Å². The zero-order valence-corrected chi connectivity index (χ0v) is 11.9. The van der Waals surface area contributed by atoms with Gasteiger partial charge >= 0.3 is 0 Å². The highest BCUT2D eigenvalue weighted by molar-refractivity contribution is 9.10. The number of hydrogen-bond acceptors (Lipinski definition) is 3. The quantitative estimate of drug-likeness (QED) is 0.928.